The molecule has 0 saturated heterocycles. The first-order chi connectivity index (χ1) is 8.97. The predicted octanol–water partition coefficient (Wildman–Crippen LogP) is 5.20. The smallest absolute Gasteiger partial charge is 0.137 e. The topological polar surface area (TPSA) is 29.5 Å². The summed E-state index contributed by atoms with van der Waals surface area (Å²) in [4.78, 5) is 0. The number of aliphatic hydroxyl groups excluding tert-OH is 1. The van der Waals surface area contributed by atoms with E-state index in [0.717, 1.165) is 4.47 Å². The summed E-state index contributed by atoms with van der Waals surface area (Å²) in [6, 6.07) is 9.77. The number of rotatable bonds is 3. The normalized spacial score (nSPS) is 12.3. The van der Waals surface area contributed by atoms with Crippen LogP contribution in [0.2, 0.25) is 0 Å². The van der Waals surface area contributed by atoms with Crippen LogP contribution in [0.25, 0.3) is 0 Å². The molecule has 0 amide bonds. The van der Waals surface area contributed by atoms with Crippen molar-refractivity contribution in [3.8, 4) is 11.5 Å². The number of hydrogen-bond donors (Lipinski definition) is 1. The Morgan fingerprint density at radius 1 is 1.16 bits per heavy atom. The maximum atomic E-state index is 13.2. The minimum Gasteiger partial charge on any atom is -0.457 e. The number of ether oxygens (including phenoxy) is 1. The molecular weight excluding hydrogens is 379 g/mol. The van der Waals surface area contributed by atoms with E-state index >= 15 is 0 Å². The SMILES string of the molecule is CC(O)c1ccc(Br)cc1Oc1ccc(F)c(Br)c1. The molecular formula is C14H11Br2FO2. The molecule has 2 rings (SSSR count). The zero-order valence-electron chi connectivity index (χ0n) is 10.0. The third-order valence-electron chi connectivity index (χ3n) is 2.54. The van der Waals surface area contributed by atoms with Crippen molar-refractivity contribution in [2.45, 2.75) is 13.0 Å². The number of halogens is 3. The van der Waals surface area contributed by atoms with Crippen molar-refractivity contribution >= 4 is 31.9 Å². The van der Waals surface area contributed by atoms with Gasteiger partial charge in [0.2, 0.25) is 0 Å². The molecule has 0 spiro atoms. The molecule has 1 atom stereocenters. The standard InChI is InChI=1S/C14H11Br2FO2/c1-8(18)11-4-2-9(15)6-14(11)19-10-3-5-13(17)12(16)7-10/h2-8,18H,1H3. The minimum atomic E-state index is -0.646. The van der Waals surface area contributed by atoms with E-state index in [9.17, 15) is 9.50 Å². The molecule has 2 aromatic rings. The van der Waals surface area contributed by atoms with E-state index in [1.165, 1.54) is 12.1 Å². The van der Waals surface area contributed by atoms with Crippen molar-refractivity contribution in [3.05, 3.63) is 56.7 Å². The molecule has 100 valence electrons. The van der Waals surface area contributed by atoms with Gasteiger partial charge in [0.15, 0.2) is 0 Å². The van der Waals surface area contributed by atoms with Gasteiger partial charge in [-0.1, -0.05) is 22.0 Å². The second-order valence-corrected chi connectivity index (χ2v) is 5.81. The Hall–Kier alpha value is -0.910. The summed E-state index contributed by atoms with van der Waals surface area (Å²) >= 11 is 6.46. The summed E-state index contributed by atoms with van der Waals surface area (Å²) in [6.07, 6.45) is -0.646. The van der Waals surface area contributed by atoms with E-state index in [0.29, 0.717) is 21.5 Å². The Labute approximate surface area is 127 Å². The fourth-order valence-corrected chi connectivity index (χ4v) is 2.31. The first-order valence-corrected chi connectivity index (χ1v) is 7.16. The lowest BCUT2D eigenvalue weighted by Gasteiger charge is -2.14. The average molecular weight is 390 g/mol. The molecule has 2 aromatic carbocycles. The van der Waals surface area contributed by atoms with E-state index < -0.39 is 6.10 Å². The fourth-order valence-electron chi connectivity index (χ4n) is 1.61. The molecule has 0 saturated carbocycles. The average Bonchev–Trinajstić information content (AvgIpc) is 2.33. The highest BCUT2D eigenvalue weighted by Crippen LogP contribution is 2.33. The van der Waals surface area contributed by atoms with Gasteiger partial charge in [0.25, 0.3) is 0 Å². The third kappa shape index (κ3) is 3.55. The Kier molecular flexibility index (Phi) is 4.60. The number of hydrogen-bond acceptors (Lipinski definition) is 2. The lowest BCUT2D eigenvalue weighted by Crippen LogP contribution is -1.96. The van der Waals surface area contributed by atoms with Crippen LogP contribution in [0.5, 0.6) is 11.5 Å². The highest BCUT2D eigenvalue weighted by molar-refractivity contribution is 9.10. The van der Waals surface area contributed by atoms with Gasteiger partial charge in [-0.2, -0.15) is 0 Å². The molecule has 0 aliphatic heterocycles. The molecule has 1 unspecified atom stereocenters. The summed E-state index contributed by atoms with van der Waals surface area (Å²) in [5.41, 5.74) is 0.670. The lowest BCUT2D eigenvalue weighted by molar-refractivity contribution is 0.195. The van der Waals surface area contributed by atoms with Crippen molar-refractivity contribution in [3.63, 3.8) is 0 Å². The van der Waals surface area contributed by atoms with Crippen LogP contribution in [0.3, 0.4) is 0 Å². The second kappa shape index (κ2) is 6.03. The van der Waals surface area contributed by atoms with Crippen LogP contribution >= 0.6 is 31.9 Å². The van der Waals surface area contributed by atoms with E-state index in [1.54, 1.807) is 25.1 Å². The molecule has 2 nitrogen and oxygen atoms in total. The maximum Gasteiger partial charge on any atom is 0.137 e. The predicted molar refractivity (Wildman–Crippen MR) is 78.9 cm³/mol. The molecule has 0 bridgehead atoms. The van der Waals surface area contributed by atoms with Crippen molar-refractivity contribution in [2.24, 2.45) is 0 Å². The van der Waals surface area contributed by atoms with Crippen LogP contribution in [0, 0.1) is 5.82 Å². The molecule has 0 radical (unpaired) electrons. The Morgan fingerprint density at radius 3 is 2.53 bits per heavy atom. The van der Waals surface area contributed by atoms with Crippen LogP contribution in [0.15, 0.2) is 45.3 Å². The van der Waals surface area contributed by atoms with E-state index in [4.69, 9.17) is 4.74 Å². The highest BCUT2D eigenvalue weighted by Gasteiger charge is 2.11. The Bertz CT molecular complexity index is 600. The summed E-state index contributed by atoms with van der Waals surface area (Å²) in [5.74, 6) is 0.675. The highest BCUT2D eigenvalue weighted by atomic mass is 79.9. The molecule has 19 heavy (non-hydrogen) atoms. The second-order valence-electron chi connectivity index (χ2n) is 4.04. The zero-order valence-corrected chi connectivity index (χ0v) is 13.2. The fraction of sp³-hybridized carbons (Fsp3) is 0.143. The molecule has 0 aromatic heterocycles. The molecule has 1 N–H and O–H groups in total. The van der Waals surface area contributed by atoms with Gasteiger partial charge in [0.1, 0.15) is 17.3 Å². The van der Waals surface area contributed by atoms with Gasteiger partial charge in [0.05, 0.1) is 10.6 Å². The van der Waals surface area contributed by atoms with Crippen LogP contribution < -0.4 is 4.74 Å². The summed E-state index contributed by atoms with van der Waals surface area (Å²) < 4.78 is 20.0. The van der Waals surface area contributed by atoms with Crippen molar-refractivity contribution in [1.29, 1.82) is 0 Å². The van der Waals surface area contributed by atoms with E-state index in [2.05, 4.69) is 31.9 Å². The van der Waals surface area contributed by atoms with E-state index in [1.807, 2.05) is 6.07 Å². The molecule has 0 heterocycles. The Balaban J connectivity index is 2.36. The van der Waals surface area contributed by atoms with Gasteiger partial charge in [-0.25, -0.2) is 4.39 Å². The lowest BCUT2D eigenvalue weighted by atomic mass is 10.1. The molecule has 5 heteroatoms. The van der Waals surface area contributed by atoms with Gasteiger partial charge >= 0.3 is 0 Å². The van der Waals surface area contributed by atoms with Crippen molar-refractivity contribution in [1.82, 2.24) is 0 Å². The van der Waals surface area contributed by atoms with Crippen LogP contribution in [-0.4, -0.2) is 5.11 Å². The maximum absolute atomic E-state index is 13.2. The minimum absolute atomic E-state index is 0.332. The van der Waals surface area contributed by atoms with Crippen LogP contribution in [-0.2, 0) is 0 Å². The number of benzene rings is 2. The monoisotopic (exact) mass is 388 g/mol. The van der Waals surface area contributed by atoms with Crippen molar-refractivity contribution in [2.75, 3.05) is 0 Å². The summed E-state index contributed by atoms with van der Waals surface area (Å²) in [7, 11) is 0. The zero-order chi connectivity index (χ0) is 14.0. The van der Waals surface area contributed by atoms with Crippen molar-refractivity contribution < 1.29 is 14.2 Å². The van der Waals surface area contributed by atoms with Crippen LogP contribution in [0.4, 0.5) is 4.39 Å². The van der Waals surface area contributed by atoms with Crippen LogP contribution in [0.1, 0.15) is 18.6 Å². The van der Waals surface area contributed by atoms with E-state index in [-0.39, 0.29) is 5.82 Å². The first-order valence-electron chi connectivity index (χ1n) is 5.58. The Morgan fingerprint density at radius 2 is 1.89 bits per heavy atom. The number of aliphatic hydroxyl groups is 1. The van der Waals surface area contributed by atoms with Gasteiger partial charge in [-0.05, 0) is 53.2 Å². The third-order valence-corrected chi connectivity index (χ3v) is 3.65. The summed E-state index contributed by atoms with van der Waals surface area (Å²) in [5, 5.41) is 9.71. The molecule has 0 fully saturated rings. The first kappa shape index (κ1) is 14.5. The quantitative estimate of drug-likeness (QED) is 0.781. The van der Waals surface area contributed by atoms with Gasteiger partial charge in [0, 0.05) is 10.0 Å². The largest absolute Gasteiger partial charge is 0.457 e. The molecule has 0 aliphatic rings. The van der Waals surface area contributed by atoms with Gasteiger partial charge in [-0.3, -0.25) is 0 Å². The van der Waals surface area contributed by atoms with Gasteiger partial charge < -0.3 is 9.84 Å². The summed E-state index contributed by atoms with van der Waals surface area (Å²) in [6.45, 7) is 1.66. The van der Waals surface area contributed by atoms with Gasteiger partial charge in [-0.15, -0.1) is 0 Å². The molecule has 0 aliphatic carbocycles.